The summed E-state index contributed by atoms with van der Waals surface area (Å²) < 4.78 is 0.550. The van der Waals surface area contributed by atoms with E-state index in [1.165, 1.54) is 0 Å². The Labute approximate surface area is 76.1 Å². The van der Waals surface area contributed by atoms with Crippen LogP contribution in [0.4, 0.5) is 0 Å². The van der Waals surface area contributed by atoms with Crippen molar-refractivity contribution < 1.29 is 0 Å². The number of nitrogens with zero attached hydrogens (tertiary/aromatic N) is 1. The largest absolute Gasteiger partial charge is 0.192 e. The zero-order valence-electron chi connectivity index (χ0n) is 5.61. The van der Waals surface area contributed by atoms with Gasteiger partial charge in [0.2, 0.25) is 0 Å². The van der Waals surface area contributed by atoms with Crippen molar-refractivity contribution in [3.63, 3.8) is 0 Å². The lowest BCUT2D eigenvalue weighted by atomic mass is 10.2. The first-order chi connectivity index (χ1) is 5.24. The first-order valence-electron chi connectivity index (χ1n) is 2.97. The second-order valence-electron chi connectivity index (χ2n) is 1.99. The first kappa shape index (κ1) is 8.25. The summed E-state index contributed by atoms with van der Waals surface area (Å²) in [5, 5.41) is 8.47. The van der Waals surface area contributed by atoms with Gasteiger partial charge in [0.25, 0.3) is 0 Å². The van der Waals surface area contributed by atoms with Gasteiger partial charge in [-0.3, -0.25) is 0 Å². The summed E-state index contributed by atoms with van der Waals surface area (Å²) in [7, 11) is 0. The Morgan fingerprint density at radius 1 is 1.36 bits per heavy atom. The van der Waals surface area contributed by atoms with E-state index < -0.39 is 0 Å². The molecule has 0 fully saturated rings. The highest BCUT2D eigenvalue weighted by molar-refractivity contribution is 8.11. The van der Waals surface area contributed by atoms with Gasteiger partial charge >= 0.3 is 0 Å². The van der Waals surface area contributed by atoms with Crippen molar-refractivity contribution in [1.82, 2.24) is 0 Å². The van der Waals surface area contributed by atoms with Crippen LogP contribution in [0.5, 0.6) is 0 Å². The summed E-state index contributed by atoms with van der Waals surface area (Å²) in [6.45, 7) is 0. The number of benzene rings is 1. The molecular weight excluding hydrogens is 174 g/mol. The Bertz CT molecular complexity index is 308. The topological polar surface area (TPSA) is 23.8 Å². The fourth-order valence-electron chi connectivity index (χ4n) is 0.687. The molecule has 0 atom stereocenters. The fourth-order valence-corrected chi connectivity index (χ4v) is 0.972. The molecule has 0 aliphatic carbocycles. The van der Waals surface area contributed by atoms with E-state index in [4.69, 9.17) is 17.5 Å². The van der Waals surface area contributed by atoms with Crippen molar-refractivity contribution in [2.45, 2.75) is 0 Å². The molecule has 0 N–H and O–H groups in total. The van der Waals surface area contributed by atoms with E-state index in [1.54, 1.807) is 24.3 Å². The molecule has 0 amide bonds. The van der Waals surface area contributed by atoms with Gasteiger partial charge in [0.15, 0.2) is 0 Å². The summed E-state index contributed by atoms with van der Waals surface area (Å²) in [5.41, 5.74) is 1.51. The first-order valence-corrected chi connectivity index (χ1v) is 3.83. The monoisotopic (exact) mass is 179 g/mol. The van der Waals surface area contributed by atoms with E-state index in [2.05, 4.69) is 12.6 Å². The van der Waals surface area contributed by atoms with Gasteiger partial charge in [-0.2, -0.15) is 5.26 Å². The highest BCUT2D eigenvalue weighted by Crippen LogP contribution is 2.06. The predicted octanol–water partition coefficient (Wildman–Crippen LogP) is 2.16. The van der Waals surface area contributed by atoms with Gasteiger partial charge in [-0.1, -0.05) is 24.4 Å². The SMILES string of the molecule is N#Cc1ccc(C(=S)S)cc1. The molecule has 0 aliphatic heterocycles. The normalized spacial score (nSPS) is 8.73. The second-order valence-corrected chi connectivity index (χ2v) is 3.15. The van der Waals surface area contributed by atoms with Crippen molar-refractivity contribution in [3.05, 3.63) is 35.4 Å². The Hall–Kier alpha value is -0.850. The van der Waals surface area contributed by atoms with Crippen LogP contribution in [-0.2, 0) is 0 Å². The maximum Gasteiger partial charge on any atom is 0.0991 e. The Kier molecular flexibility index (Phi) is 2.64. The van der Waals surface area contributed by atoms with Crippen LogP contribution in [0.15, 0.2) is 24.3 Å². The van der Waals surface area contributed by atoms with Crippen LogP contribution in [0.1, 0.15) is 11.1 Å². The molecule has 0 saturated carbocycles. The van der Waals surface area contributed by atoms with Gasteiger partial charge in [0, 0.05) is 0 Å². The highest BCUT2D eigenvalue weighted by atomic mass is 32.1. The molecule has 0 radical (unpaired) electrons. The smallest absolute Gasteiger partial charge is 0.0991 e. The van der Waals surface area contributed by atoms with Gasteiger partial charge in [0.1, 0.15) is 0 Å². The van der Waals surface area contributed by atoms with E-state index >= 15 is 0 Å². The van der Waals surface area contributed by atoms with Crippen LogP contribution in [-0.4, -0.2) is 4.20 Å². The molecule has 1 nitrogen and oxygen atoms in total. The van der Waals surface area contributed by atoms with Crippen LogP contribution >= 0.6 is 24.8 Å². The molecule has 0 spiro atoms. The second kappa shape index (κ2) is 3.51. The lowest BCUT2D eigenvalue weighted by Crippen LogP contribution is -1.85. The molecular formula is C8H5NS2. The van der Waals surface area contributed by atoms with Crippen LogP contribution in [0.25, 0.3) is 0 Å². The quantitative estimate of drug-likeness (QED) is 0.527. The fraction of sp³-hybridized carbons (Fsp3) is 0. The van der Waals surface area contributed by atoms with Crippen molar-refractivity contribution in [1.29, 1.82) is 5.26 Å². The predicted molar refractivity (Wildman–Crippen MR) is 51.8 cm³/mol. The minimum Gasteiger partial charge on any atom is -0.192 e. The summed E-state index contributed by atoms with van der Waals surface area (Å²) >= 11 is 8.82. The number of thiol groups is 1. The van der Waals surface area contributed by atoms with Gasteiger partial charge in [0.05, 0.1) is 15.8 Å². The summed E-state index contributed by atoms with van der Waals surface area (Å²) in [5.74, 6) is 0. The third kappa shape index (κ3) is 2.04. The molecule has 54 valence electrons. The maximum atomic E-state index is 8.47. The molecule has 0 saturated heterocycles. The van der Waals surface area contributed by atoms with Crippen molar-refractivity contribution in [2.24, 2.45) is 0 Å². The number of hydrogen-bond acceptors (Lipinski definition) is 2. The Morgan fingerprint density at radius 2 is 1.91 bits per heavy atom. The van der Waals surface area contributed by atoms with Gasteiger partial charge in [-0.15, -0.1) is 12.6 Å². The number of rotatable bonds is 1. The van der Waals surface area contributed by atoms with Crippen LogP contribution in [0, 0.1) is 11.3 Å². The van der Waals surface area contributed by atoms with Crippen molar-refractivity contribution in [3.8, 4) is 6.07 Å². The van der Waals surface area contributed by atoms with Crippen molar-refractivity contribution >= 4 is 29.0 Å². The zero-order chi connectivity index (χ0) is 8.27. The van der Waals surface area contributed by atoms with E-state index in [9.17, 15) is 0 Å². The van der Waals surface area contributed by atoms with Crippen LogP contribution in [0.3, 0.4) is 0 Å². The number of hydrogen-bond donors (Lipinski definition) is 1. The average molecular weight is 179 g/mol. The number of nitriles is 1. The standard InChI is InChI=1S/C8H5NS2/c9-5-6-1-3-7(4-2-6)8(10)11/h1-4H,(H,10,11). The van der Waals surface area contributed by atoms with E-state index in [0.717, 1.165) is 5.56 Å². The molecule has 0 bridgehead atoms. The Balaban J connectivity index is 3.03. The van der Waals surface area contributed by atoms with E-state index in [-0.39, 0.29) is 0 Å². The third-order valence-corrected chi connectivity index (χ3v) is 1.75. The van der Waals surface area contributed by atoms with Gasteiger partial charge < -0.3 is 0 Å². The molecule has 0 aromatic heterocycles. The zero-order valence-corrected chi connectivity index (χ0v) is 7.32. The van der Waals surface area contributed by atoms with E-state index in [0.29, 0.717) is 9.76 Å². The van der Waals surface area contributed by atoms with E-state index in [1.807, 2.05) is 6.07 Å². The molecule has 1 rings (SSSR count). The molecule has 0 heterocycles. The minimum absolute atomic E-state index is 0.550. The summed E-state index contributed by atoms with van der Waals surface area (Å²) in [6.07, 6.45) is 0. The lowest BCUT2D eigenvalue weighted by molar-refractivity contribution is 1.48. The van der Waals surface area contributed by atoms with Crippen molar-refractivity contribution in [2.75, 3.05) is 0 Å². The number of thiocarbonyl (C=S) groups is 1. The molecule has 3 heteroatoms. The minimum atomic E-state index is 0.550. The van der Waals surface area contributed by atoms with Gasteiger partial charge in [-0.05, 0) is 17.7 Å². The summed E-state index contributed by atoms with van der Waals surface area (Å²) in [6, 6.07) is 9.04. The molecule has 1 aromatic rings. The molecule has 0 unspecified atom stereocenters. The summed E-state index contributed by atoms with van der Waals surface area (Å²) in [4.78, 5) is 0. The van der Waals surface area contributed by atoms with Gasteiger partial charge in [-0.25, -0.2) is 0 Å². The van der Waals surface area contributed by atoms with Crippen LogP contribution < -0.4 is 0 Å². The average Bonchev–Trinajstić information content (AvgIpc) is 2.05. The molecule has 1 aromatic carbocycles. The van der Waals surface area contributed by atoms with Crippen LogP contribution in [0.2, 0.25) is 0 Å². The molecule has 0 aliphatic rings. The molecule has 11 heavy (non-hydrogen) atoms. The highest BCUT2D eigenvalue weighted by Gasteiger charge is 1.94. The maximum absolute atomic E-state index is 8.47. The Morgan fingerprint density at radius 3 is 2.27 bits per heavy atom. The lowest BCUT2D eigenvalue weighted by Gasteiger charge is -1.94. The third-order valence-electron chi connectivity index (χ3n) is 1.26.